The largest absolute Gasteiger partial charge is 0.382 e. The lowest BCUT2D eigenvalue weighted by Crippen LogP contribution is -2.30. The number of hydrogen-bond acceptors (Lipinski definition) is 5. The van der Waals surface area contributed by atoms with Gasteiger partial charge < -0.3 is 19.9 Å². The highest BCUT2D eigenvalue weighted by molar-refractivity contribution is 5.15. The van der Waals surface area contributed by atoms with Crippen LogP contribution in [-0.4, -0.2) is 44.6 Å². The summed E-state index contributed by atoms with van der Waals surface area (Å²) in [5, 5.41) is 0. The molecule has 19 heavy (non-hydrogen) atoms. The Hall–Kier alpha value is -1.01. The van der Waals surface area contributed by atoms with Gasteiger partial charge in [0.2, 0.25) is 0 Å². The molecule has 2 N–H and O–H groups in total. The van der Waals surface area contributed by atoms with E-state index in [-0.39, 0.29) is 12.1 Å². The number of hydrogen-bond donors (Lipinski definition) is 1. The van der Waals surface area contributed by atoms with Crippen molar-refractivity contribution in [2.24, 2.45) is 5.73 Å². The van der Waals surface area contributed by atoms with Crippen molar-refractivity contribution in [1.82, 2.24) is 4.98 Å². The average molecular weight is 268 g/mol. The molecular formula is C14H24N2O3. The maximum absolute atomic E-state index is 6.11. The third-order valence-electron chi connectivity index (χ3n) is 2.85. The van der Waals surface area contributed by atoms with E-state index in [2.05, 4.69) is 11.9 Å². The third-order valence-corrected chi connectivity index (χ3v) is 2.85. The molecule has 1 aromatic heterocycles. The van der Waals surface area contributed by atoms with Gasteiger partial charge in [0, 0.05) is 25.5 Å². The van der Waals surface area contributed by atoms with E-state index in [1.165, 1.54) is 0 Å². The van der Waals surface area contributed by atoms with Gasteiger partial charge in [-0.3, -0.25) is 4.98 Å². The van der Waals surface area contributed by atoms with Gasteiger partial charge >= 0.3 is 0 Å². The first-order valence-electron chi connectivity index (χ1n) is 6.63. The Kier molecular flexibility index (Phi) is 8.33. The van der Waals surface area contributed by atoms with Crippen molar-refractivity contribution in [2.45, 2.75) is 25.5 Å². The zero-order chi connectivity index (χ0) is 13.9. The Labute approximate surface area is 115 Å². The number of methoxy groups -OCH3 is 1. The lowest BCUT2D eigenvalue weighted by atomic mass is 10.0. The van der Waals surface area contributed by atoms with Crippen molar-refractivity contribution in [1.29, 1.82) is 0 Å². The van der Waals surface area contributed by atoms with Gasteiger partial charge in [-0.15, -0.1) is 0 Å². The highest BCUT2D eigenvalue weighted by Crippen LogP contribution is 2.21. The molecule has 1 rings (SSSR count). The number of rotatable bonds is 10. The highest BCUT2D eigenvalue weighted by Gasteiger charge is 2.18. The highest BCUT2D eigenvalue weighted by atomic mass is 16.5. The van der Waals surface area contributed by atoms with Crippen molar-refractivity contribution in [2.75, 3.05) is 33.5 Å². The SMILES string of the molecule is CCC(N)C(OCCOCCOC)c1ccncc1. The van der Waals surface area contributed by atoms with E-state index >= 15 is 0 Å². The quantitative estimate of drug-likeness (QED) is 0.652. The number of aromatic nitrogens is 1. The maximum Gasteiger partial charge on any atom is 0.0977 e. The molecule has 0 radical (unpaired) electrons. The summed E-state index contributed by atoms with van der Waals surface area (Å²) >= 11 is 0. The van der Waals surface area contributed by atoms with Crippen molar-refractivity contribution in [3.8, 4) is 0 Å². The van der Waals surface area contributed by atoms with Crippen molar-refractivity contribution >= 4 is 0 Å². The maximum atomic E-state index is 6.11. The molecule has 2 unspecified atom stereocenters. The van der Waals surface area contributed by atoms with Crippen molar-refractivity contribution < 1.29 is 14.2 Å². The van der Waals surface area contributed by atoms with Crippen LogP contribution in [0.15, 0.2) is 24.5 Å². The van der Waals surface area contributed by atoms with Gasteiger partial charge in [0.05, 0.1) is 32.5 Å². The van der Waals surface area contributed by atoms with Crippen LogP contribution >= 0.6 is 0 Å². The molecule has 5 nitrogen and oxygen atoms in total. The van der Waals surface area contributed by atoms with Gasteiger partial charge in [-0.05, 0) is 24.1 Å². The second-order valence-corrected chi connectivity index (χ2v) is 4.25. The fourth-order valence-corrected chi connectivity index (χ4v) is 1.71. The summed E-state index contributed by atoms with van der Waals surface area (Å²) in [6.07, 6.45) is 4.25. The molecule has 0 saturated carbocycles. The Bertz CT molecular complexity index is 322. The predicted octanol–water partition coefficient (Wildman–Crippen LogP) is 1.54. The predicted molar refractivity (Wildman–Crippen MR) is 73.9 cm³/mol. The van der Waals surface area contributed by atoms with E-state index in [9.17, 15) is 0 Å². The normalized spacial score (nSPS) is 14.3. The molecule has 0 spiro atoms. The first-order valence-corrected chi connectivity index (χ1v) is 6.63. The summed E-state index contributed by atoms with van der Waals surface area (Å²) in [4.78, 5) is 4.01. The molecule has 0 saturated heterocycles. The minimum absolute atomic E-state index is 0.0265. The lowest BCUT2D eigenvalue weighted by Gasteiger charge is -2.23. The summed E-state index contributed by atoms with van der Waals surface area (Å²) in [6.45, 7) is 4.30. The zero-order valence-corrected chi connectivity index (χ0v) is 11.7. The van der Waals surface area contributed by atoms with E-state index in [1.807, 2.05) is 12.1 Å². The monoisotopic (exact) mass is 268 g/mol. The molecule has 0 fully saturated rings. The summed E-state index contributed by atoms with van der Waals surface area (Å²) in [6, 6.07) is 3.85. The molecule has 2 atom stereocenters. The summed E-state index contributed by atoms with van der Waals surface area (Å²) in [5.74, 6) is 0. The van der Waals surface area contributed by atoms with E-state index in [4.69, 9.17) is 19.9 Å². The second-order valence-electron chi connectivity index (χ2n) is 4.25. The van der Waals surface area contributed by atoms with Gasteiger partial charge in [0.1, 0.15) is 0 Å². The third kappa shape index (κ3) is 6.11. The Morgan fingerprint density at radius 2 is 1.84 bits per heavy atom. The molecule has 1 heterocycles. The fraction of sp³-hybridized carbons (Fsp3) is 0.643. The Morgan fingerprint density at radius 1 is 1.16 bits per heavy atom. The van der Waals surface area contributed by atoms with Crippen LogP contribution in [-0.2, 0) is 14.2 Å². The molecular weight excluding hydrogens is 244 g/mol. The van der Waals surface area contributed by atoms with Crippen LogP contribution in [0, 0.1) is 0 Å². The molecule has 5 heteroatoms. The number of pyridine rings is 1. The summed E-state index contributed by atoms with van der Waals surface area (Å²) in [5.41, 5.74) is 7.16. The van der Waals surface area contributed by atoms with Gasteiger partial charge in [0.15, 0.2) is 0 Å². The zero-order valence-electron chi connectivity index (χ0n) is 11.7. The van der Waals surface area contributed by atoms with Crippen LogP contribution in [0.25, 0.3) is 0 Å². The van der Waals surface area contributed by atoms with Gasteiger partial charge in [0.25, 0.3) is 0 Å². The average Bonchev–Trinajstić information content (AvgIpc) is 2.47. The van der Waals surface area contributed by atoms with Crippen LogP contribution < -0.4 is 5.73 Å². The molecule has 0 aliphatic rings. The van der Waals surface area contributed by atoms with Gasteiger partial charge in [-0.2, -0.15) is 0 Å². The second kappa shape index (κ2) is 9.86. The molecule has 0 bridgehead atoms. The molecule has 0 amide bonds. The van der Waals surface area contributed by atoms with Crippen LogP contribution in [0.5, 0.6) is 0 Å². The molecule has 0 aliphatic carbocycles. The molecule has 1 aromatic rings. The molecule has 108 valence electrons. The first kappa shape index (κ1) is 16.0. The van der Waals surface area contributed by atoms with Gasteiger partial charge in [-0.1, -0.05) is 6.92 Å². The standard InChI is InChI=1S/C14H24N2O3/c1-3-13(15)14(12-4-6-16-7-5-12)19-11-10-18-9-8-17-2/h4-7,13-14H,3,8-11,15H2,1-2H3. The number of nitrogens with two attached hydrogens (primary N) is 1. The number of nitrogens with zero attached hydrogens (tertiary/aromatic N) is 1. The van der Waals surface area contributed by atoms with E-state index < -0.39 is 0 Å². The minimum atomic E-state index is -0.112. The summed E-state index contributed by atoms with van der Waals surface area (Å²) < 4.78 is 16.1. The van der Waals surface area contributed by atoms with Crippen LogP contribution in [0.1, 0.15) is 25.0 Å². The van der Waals surface area contributed by atoms with E-state index in [0.29, 0.717) is 26.4 Å². The topological polar surface area (TPSA) is 66.6 Å². The van der Waals surface area contributed by atoms with Crippen LogP contribution in [0.4, 0.5) is 0 Å². The smallest absolute Gasteiger partial charge is 0.0977 e. The molecule has 0 aromatic carbocycles. The number of ether oxygens (including phenoxy) is 3. The molecule has 0 aliphatic heterocycles. The fourth-order valence-electron chi connectivity index (χ4n) is 1.71. The van der Waals surface area contributed by atoms with E-state index in [0.717, 1.165) is 12.0 Å². The van der Waals surface area contributed by atoms with Crippen LogP contribution in [0.3, 0.4) is 0 Å². The van der Waals surface area contributed by atoms with Crippen molar-refractivity contribution in [3.05, 3.63) is 30.1 Å². The Morgan fingerprint density at radius 3 is 2.47 bits per heavy atom. The minimum Gasteiger partial charge on any atom is -0.382 e. The van der Waals surface area contributed by atoms with E-state index in [1.54, 1.807) is 19.5 Å². The van der Waals surface area contributed by atoms with Crippen molar-refractivity contribution in [3.63, 3.8) is 0 Å². The first-order chi connectivity index (χ1) is 9.29. The van der Waals surface area contributed by atoms with Crippen LogP contribution in [0.2, 0.25) is 0 Å². The van der Waals surface area contributed by atoms with Gasteiger partial charge in [-0.25, -0.2) is 0 Å². The summed E-state index contributed by atoms with van der Waals surface area (Å²) in [7, 11) is 1.65. The Balaban J connectivity index is 2.39. The lowest BCUT2D eigenvalue weighted by molar-refractivity contribution is -0.0166.